The van der Waals surface area contributed by atoms with Crippen LogP contribution in [-0.2, 0) is 4.79 Å². The van der Waals surface area contributed by atoms with E-state index in [0.29, 0.717) is 16.3 Å². The van der Waals surface area contributed by atoms with Crippen molar-refractivity contribution in [1.82, 2.24) is 4.90 Å². The third-order valence-corrected chi connectivity index (χ3v) is 5.19. The van der Waals surface area contributed by atoms with Gasteiger partial charge in [-0.3, -0.25) is 14.9 Å². The molecular formula is C21H23ClN4O3. The lowest BCUT2D eigenvalue weighted by molar-refractivity contribution is -0.384. The van der Waals surface area contributed by atoms with Crippen LogP contribution in [0.15, 0.2) is 48.5 Å². The maximum Gasteiger partial charge on any atom is 0.270 e. The van der Waals surface area contributed by atoms with Crippen LogP contribution in [0.4, 0.5) is 17.1 Å². The molecule has 0 atom stereocenters. The number of likely N-dealkylation sites (N-methyl/N-ethyl adjacent to an activating group) is 1. The van der Waals surface area contributed by atoms with Crippen LogP contribution >= 0.6 is 11.6 Å². The summed E-state index contributed by atoms with van der Waals surface area (Å²) in [5, 5.41) is 14.3. The standard InChI is InChI=1S/C21H23ClN4O3/c1-2-24-11-13-25(14-12-24)21-18(22)7-4-8-19(21)23-20(27)10-9-16-5-3-6-17(15-16)26(28)29/h3-10,15H,2,11-14H2,1H3,(H,23,27). The molecule has 0 aliphatic carbocycles. The van der Waals surface area contributed by atoms with Gasteiger partial charge in [0.25, 0.3) is 5.69 Å². The fourth-order valence-corrected chi connectivity index (χ4v) is 3.61. The van der Waals surface area contributed by atoms with Gasteiger partial charge in [0, 0.05) is 44.4 Å². The van der Waals surface area contributed by atoms with Gasteiger partial charge in [0.05, 0.1) is 21.3 Å². The predicted octanol–water partition coefficient (Wildman–Crippen LogP) is 4.04. The van der Waals surface area contributed by atoms with Crippen LogP contribution in [0.1, 0.15) is 12.5 Å². The highest BCUT2D eigenvalue weighted by atomic mass is 35.5. The number of nitrogens with one attached hydrogen (secondary N) is 1. The zero-order valence-electron chi connectivity index (χ0n) is 16.2. The van der Waals surface area contributed by atoms with Crippen molar-refractivity contribution >= 4 is 40.6 Å². The highest BCUT2D eigenvalue weighted by Gasteiger charge is 2.21. The molecule has 1 fully saturated rings. The van der Waals surface area contributed by atoms with Crippen molar-refractivity contribution < 1.29 is 9.72 Å². The summed E-state index contributed by atoms with van der Waals surface area (Å²) in [6.07, 6.45) is 2.91. The van der Waals surface area contributed by atoms with Gasteiger partial charge < -0.3 is 15.1 Å². The topological polar surface area (TPSA) is 78.7 Å². The predicted molar refractivity (Wildman–Crippen MR) is 117 cm³/mol. The smallest absolute Gasteiger partial charge is 0.270 e. The van der Waals surface area contributed by atoms with E-state index < -0.39 is 4.92 Å². The minimum absolute atomic E-state index is 0.0177. The number of carbonyl (C=O) groups is 1. The van der Waals surface area contributed by atoms with Crippen LogP contribution < -0.4 is 10.2 Å². The first-order chi connectivity index (χ1) is 14.0. The van der Waals surface area contributed by atoms with Crippen molar-refractivity contribution in [1.29, 1.82) is 0 Å². The van der Waals surface area contributed by atoms with Crippen molar-refractivity contribution in [2.24, 2.45) is 0 Å². The molecule has 1 amide bonds. The second kappa shape index (κ2) is 9.54. The Balaban J connectivity index is 1.73. The molecule has 7 nitrogen and oxygen atoms in total. The summed E-state index contributed by atoms with van der Waals surface area (Å²) < 4.78 is 0. The largest absolute Gasteiger partial charge is 0.366 e. The number of halogens is 1. The molecule has 0 bridgehead atoms. The first-order valence-electron chi connectivity index (χ1n) is 9.47. The number of nitro benzene ring substituents is 1. The highest BCUT2D eigenvalue weighted by Crippen LogP contribution is 2.34. The van der Waals surface area contributed by atoms with Crippen molar-refractivity contribution in [3.8, 4) is 0 Å². The Morgan fingerprint density at radius 3 is 2.62 bits per heavy atom. The lowest BCUT2D eigenvalue weighted by atomic mass is 10.2. The minimum atomic E-state index is -0.464. The second-order valence-electron chi connectivity index (χ2n) is 6.73. The maximum absolute atomic E-state index is 12.4. The van der Waals surface area contributed by atoms with Gasteiger partial charge in [0.2, 0.25) is 5.91 Å². The summed E-state index contributed by atoms with van der Waals surface area (Å²) in [4.78, 5) is 27.4. The summed E-state index contributed by atoms with van der Waals surface area (Å²) in [6, 6.07) is 11.6. The van der Waals surface area contributed by atoms with E-state index in [0.717, 1.165) is 38.4 Å². The Morgan fingerprint density at radius 1 is 1.21 bits per heavy atom. The molecule has 2 aromatic rings. The van der Waals surface area contributed by atoms with Crippen LogP contribution in [0.3, 0.4) is 0 Å². The van der Waals surface area contributed by atoms with E-state index in [4.69, 9.17) is 11.6 Å². The number of nitrogens with zero attached hydrogens (tertiary/aromatic N) is 3. The SMILES string of the molecule is CCN1CCN(c2c(Cl)cccc2NC(=O)C=Cc2cccc([N+](=O)[O-])c2)CC1. The van der Waals surface area contributed by atoms with Gasteiger partial charge in [0.15, 0.2) is 0 Å². The molecule has 8 heteroatoms. The summed E-state index contributed by atoms with van der Waals surface area (Å²) in [7, 11) is 0. The van der Waals surface area contributed by atoms with E-state index in [-0.39, 0.29) is 11.6 Å². The Kier molecular flexibility index (Phi) is 6.85. The summed E-state index contributed by atoms with van der Waals surface area (Å²) in [5.41, 5.74) is 2.03. The Morgan fingerprint density at radius 2 is 1.93 bits per heavy atom. The van der Waals surface area contributed by atoms with E-state index in [9.17, 15) is 14.9 Å². The number of piperazine rings is 1. The van der Waals surface area contributed by atoms with Crippen molar-refractivity contribution in [3.05, 3.63) is 69.2 Å². The van der Waals surface area contributed by atoms with Gasteiger partial charge in [-0.25, -0.2) is 0 Å². The fourth-order valence-electron chi connectivity index (χ4n) is 3.31. The minimum Gasteiger partial charge on any atom is -0.366 e. The molecule has 1 aliphatic rings. The molecule has 1 saturated heterocycles. The van der Waals surface area contributed by atoms with E-state index in [1.165, 1.54) is 18.2 Å². The molecule has 3 rings (SSSR count). The Labute approximate surface area is 174 Å². The number of hydrogen-bond donors (Lipinski definition) is 1. The van der Waals surface area contributed by atoms with Gasteiger partial charge in [0.1, 0.15) is 0 Å². The van der Waals surface area contributed by atoms with E-state index in [2.05, 4.69) is 22.0 Å². The number of anilines is 2. The van der Waals surface area contributed by atoms with Gasteiger partial charge >= 0.3 is 0 Å². The first-order valence-corrected chi connectivity index (χ1v) is 9.85. The highest BCUT2D eigenvalue weighted by molar-refractivity contribution is 6.34. The van der Waals surface area contributed by atoms with E-state index in [1.807, 2.05) is 12.1 Å². The molecule has 0 radical (unpaired) electrons. The van der Waals surface area contributed by atoms with Crippen LogP contribution in [-0.4, -0.2) is 48.5 Å². The maximum atomic E-state index is 12.4. The Bertz CT molecular complexity index is 924. The van der Waals surface area contributed by atoms with Gasteiger partial charge in [-0.15, -0.1) is 0 Å². The lowest BCUT2D eigenvalue weighted by Crippen LogP contribution is -2.46. The summed E-state index contributed by atoms with van der Waals surface area (Å²) >= 11 is 6.45. The molecule has 1 aliphatic heterocycles. The summed E-state index contributed by atoms with van der Waals surface area (Å²) in [6.45, 7) is 6.73. The van der Waals surface area contributed by atoms with Crippen LogP contribution in [0.2, 0.25) is 5.02 Å². The molecule has 2 aromatic carbocycles. The number of non-ortho nitro benzene ring substituents is 1. The molecule has 0 saturated carbocycles. The molecule has 1 N–H and O–H groups in total. The van der Waals surface area contributed by atoms with Crippen molar-refractivity contribution in [2.75, 3.05) is 42.9 Å². The number of hydrogen-bond acceptors (Lipinski definition) is 5. The number of para-hydroxylation sites is 1. The number of benzene rings is 2. The summed E-state index contributed by atoms with van der Waals surface area (Å²) in [5.74, 6) is -0.327. The van der Waals surface area contributed by atoms with Crippen LogP contribution in [0.5, 0.6) is 0 Å². The van der Waals surface area contributed by atoms with Gasteiger partial charge in [-0.05, 0) is 30.3 Å². The molecule has 0 spiro atoms. The quantitative estimate of drug-likeness (QED) is 0.438. The zero-order chi connectivity index (χ0) is 20.8. The first kappa shape index (κ1) is 20.8. The van der Waals surface area contributed by atoms with Gasteiger partial charge in [-0.1, -0.05) is 36.7 Å². The van der Waals surface area contributed by atoms with Crippen molar-refractivity contribution in [3.63, 3.8) is 0 Å². The Hall–Kier alpha value is -2.90. The normalized spacial score (nSPS) is 14.9. The molecule has 29 heavy (non-hydrogen) atoms. The molecule has 0 aromatic heterocycles. The fraction of sp³-hybridized carbons (Fsp3) is 0.286. The molecule has 1 heterocycles. The molecular weight excluding hydrogens is 392 g/mol. The number of carbonyl (C=O) groups excluding carboxylic acids is 1. The van der Waals surface area contributed by atoms with E-state index in [1.54, 1.807) is 24.3 Å². The third kappa shape index (κ3) is 5.34. The lowest BCUT2D eigenvalue weighted by Gasteiger charge is -2.36. The molecule has 0 unspecified atom stereocenters. The second-order valence-corrected chi connectivity index (χ2v) is 7.14. The third-order valence-electron chi connectivity index (χ3n) is 4.89. The number of rotatable bonds is 6. The number of amides is 1. The monoisotopic (exact) mass is 414 g/mol. The average molecular weight is 415 g/mol. The van der Waals surface area contributed by atoms with Crippen LogP contribution in [0.25, 0.3) is 6.08 Å². The van der Waals surface area contributed by atoms with Crippen LogP contribution in [0, 0.1) is 10.1 Å². The van der Waals surface area contributed by atoms with Crippen molar-refractivity contribution in [2.45, 2.75) is 6.92 Å². The molecule has 152 valence electrons. The zero-order valence-corrected chi connectivity index (χ0v) is 16.9. The van der Waals surface area contributed by atoms with E-state index >= 15 is 0 Å². The average Bonchev–Trinajstić information content (AvgIpc) is 2.73. The number of nitro groups is 1. The van der Waals surface area contributed by atoms with Gasteiger partial charge in [-0.2, -0.15) is 0 Å².